The van der Waals surface area contributed by atoms with E-state index in [2.05, 4.69) is 86.6 Å². The second kappa shape index (κ2) is 14.2. The van der Waals surface area contributed by atoms with Gasteiger partial charge in [-0.2, -0.15) is 0 Å². The molecule has 0 fully saturated rings. The van der Waals surface area contributed by atoms with E-state index < -0.39 is 0 Å². The van der Waals surface area contributed by atoms with Crippen molar-refractivity contribution in [3.8, 4) is 22.4 Å². The number of nitrogens with zero attached hydrogens (tertiary/aromatic N) is 2. The Morgan fingerprint density at radius 2 is 1.40 bits per heavy atom. The minimum atomic E-state index is -0.337. The molecule has 47 heavy (non-hydrogen) atoms. The van der Waals surface area contributed by atoms with E-state index in [0.717, 1.165) is 48.2 Å². The summed E-state index contributed by atoms with van der Waals surface area (Å²) in [4.78, 5) is 21.7. The molecular formula is C42H47IrN2O2-. The fraction of sp³-hybridized carbons (Fsp3) is 0.357. The number of aromatic nitrogens is 2. The summed E-state index contributed by atoms with van der Waals surface area (Å²) in [5.41, 5.74) is 6.02. The Morgan fingerprint density at radius 3 is 2.02 bits per heavy atom. The first-order valence-corrected chi connectivity index (χ1v) is 16.7. The predicted octanol–water partition coefficient (Wildman–Crippen LogP) is 11.2. The van der Waals surface area contributed by atoms with Crippen LogP contribution in [0.25, 0.3) is 43.9 Å². The third-order valence-electron chi connectivity index (χ3n) is 10.8. The number of carbonyl (C=O) groups is 1. The predicted molar refractivity (Wildman–Crippen MR) is 192 cm³/mol. The monoisotopic (exact) mass is 804 g/mol. The van der Waals surface area contributed by atoms with E-state index in [-0.39, 0.29) is 47.9 Å². The third kappa shape index (κ3) is 6.58. The molecule has 0 amide bonds. The normalized spacial score (nSPS) is 13.7. The maximum Gasteiger partial charge on any atom is 0.164 e. The molecular weight excluding hydrogens is 757 g/mol. The van der Waals surface area contributed by atoms with Crippen LogP contribution in [0.1, 0.15) is 92.3 Å². The van der Waals surface area contributed by atoms with Crippen LogP contribution >= 0.6 is 0 Å². The van der Waals surface area contributed by atoms with Crippen molar-refractivity contribution < 1.29 is 30.0 Å². The molecule has 247 valence electrons. The zero-order valence-corrected chi connectivity index (χ0v) is 31.4. The molecule has 4 aromatic carbocycles. The molecule has 1 aliphatic rings. The van der Waals surface area contributed by atoms with Crippen LogP contribution in [0.5, 0.6) is 0 Å². The molecule has 5 aromatic rings. The molecule has 0 atom stereocenters. The minimum Gasteiger partial charge on any atom is -0.512 e. The standard InChI is InChI=1S/C27H19N2.C15H28O2.Ir/c1-27(2)23-15-19-10-4-3-9-18(19)14-22(23)24-25(28-16-29-26(24)27)21-13-7-11-17-8-5-6-12-20(17)21;1-7-14(5,8-2)12(16)11-13(17)15(6,9-3)10-4;/h3-12,14-16H,1-2H3;11,16H,7-10H2,1-6H3;/q-1;;/b;12-11-;. The molecule has 0 spiro atoms. The van der Waals surface area contributed by atoms with Gasteiger partial charge in [0.1, 0.15) is 12.1 Å². The summed E-state index contributed by atoms with van der Waals surface area (Å²) >= 11 is 0. The Bertz CT molecular complexity index is 1930. The number of benzene rings is 4. The molecule has 1 radical (unpaired) electrons. The average Bonchev–Trinajstić information content (AvgIpc) is 3.31. The SMILES string of the molecule is CC1(C)c2cc3ccccc3cc2-c2c(-c3[c-]ccc4ccccc34)ncnc21.CCC(C)(CC)C(=O)/C=C(\O)C(C)(CC)CC.[Ir]. The van der Waals surface area contributed by atoms with Crippen LogP contribution in [-0.4, -0.2) is 20.9 Å². The molecule has 0 aliphatic heterocycles. The molecule has 1 aromatic heterocycles. The number of allylic oxidation sites excluding steroid dienone is 2. The zero-order chi connectivity index (χ0) is 33.3. The number of rotatable bonds is 8. The number of ketones is 1. The molecule has 0 bridgehead atoms. The number of hydrogen-bond acceptors (Lipinski definition) is 4. The zero-order valence-electron chi connectivity index (χ0n) is 29.0. The van der Waals surface area contributed by atoms with E-state index in [4.69, 9.17) is 9.97 Å². The summed E-state index contributed by atoms with van der Waals surface area (Å²) in [6, 6.07) is 29.2. The summed E-state index contributed by atoms with van der Waals surface area (Å²) in [7, 11) is 0. The van der Waals surface area contributed by atoms with Gasteiger partial charge in [-0.25, -0.2) is 4.98 Å². The third-order valence-corrected chi connectivity index (χ3v) is 10.8. The summed E-state index contributed by atoms with van der Waals surface area (Å²) < 4.78 is 0. The molecule has 1 heterocycles. The Hall–Kier alpha value is -3.66. The van der Waals surface area contributed by atoms with Gasteiger partial charge >= 0.3 is 0 Å². The van der Waals surface area contributed by atoms with Gasteiger partial charge in [-0.3, -0.25) is 9.78 Å². The molecule has 1 N–H and O–H groups in total. The molecule has 6 rings (SSSR count). The largest absolute Gasteiger partial charge is 0.512 e. The van der Waals surface area contributed by atoms with Crippen molar-refractivity contribution in [3.63, 3.8) is 0 Å². The Kier molecular flexibility index (Phi) is 10.9. The quantitative estimate of drug-likeness (QED) is 0.0964. The van der Waals surface area contributed by atoms with Crippen LogP contribution < -0.4 is 0 Å². The molecule has 1 aliphatic carbocycles. The summed E-state index contributed by atoms with van der Waals surface area (Å²) in [6.45, 7) is 16.6. The van der Waals surface area contributed by atoms with Crippen molar-refractivity contribution in [2.45, 2.75) is 86.5 Å². The van der Waals surface area contributed by atoms with Crippen molar-refractivity contribution >= 4 is 27.3 Å². The van der Waals surface area contributed by atoms with Gasteiger partial charge in [0, 0.05) is 42.4 Å². The fourth-order valence-corrected chi connectivity index (χ4v) is 6.44. The summed E-state index contributed by atoms with van der Waals surface area (Å²) in [6.07, 6.45) is 6.46. The van der Waals surface area contributed by atoms with E-state index in [1.807, 2.05) is 47.6 Å². The number of fused-ring (bicyclic) bond motifs is 5. The van der Waals surface area contributed by atoms with Crippen LogP contribution in [-0.2, 0) is 30.3 Å². The van der Waals surface area contributed by atoms with Crippen LogP contribution in [0.4, 0.5) is 0 Å². The number of hydrogen-bond donors (Lipinski definition) is 1. The van der Waals surface area contributed by atoms with Crippen molar-refractivity contribution in [3.05, 3.63) is 108 Å². The van der Waals surface area contributed by atoms with Crippen molar-refractivity contribution in [2.75, 3.05) is 0 Å². The molecule has 0 saturated carbocycles. The first-order valence-electron chi connectivity index (χ1n) is 16.7. The second-order valence-electron chi connectivity index (χ2n) is 13.7. The molecule has 0 saturated heterocycles. The first kappa shape index (κ1) is 36.2. The van der Waals surface area contributed by atoms with E-state index in [1.165, 1.54) is 38.7 Å². The van der Waals surface area contributed by atoms with Crippen LogP contribution in [0, 0.1) is 16.9 Å². The molecule has 0 unspecified atom stereocenters. The minimum absolute atomic E-state index is 0. The van der Waals surface area contributed by atoms with Gasteiger partial charge in [-0.15, -0.1) is 29.1 Å². The van der Waals surface area contributed by atoms with Gasteiger partial charge in [0.05, 0.1) is 5.69 Å². The maximum atomic E-state index is 12.2. The van der Waals surface area contributed by atoms with Crippen molar-refractivity contribution in [1.29, 1.82) is 0 Å². The Labute approximate surface area is 294 Å². The fourth-order valence-electron chi connectivity index (χ4n) is 6.44. The topological polar surface area (TPSA) is 63.1 Å². The number of carbonyl (C=O) groups excluding carboxylic acids is 1. The van der Waals surface area contributed by atoms with E-state index in [9.17, 15) is 9.90 Å². The van der Waals surface area contributed by atoms with Gasteiger partial charge in [-0.05, 0) is 71.0 Å². The first-order chi connectivity index (χ1) is 21.9. The average molecular weight is 804 g/mol. The van der Waals surface area contributed by atoms with E-state index in [1.54, 1.807) is 6.33 Å². The molecule has 5 heteroatoms. The second-order valence-corrected chi connectivity index (χ2v) is 13.7. The number of aliphatic hydroxyl groups excluding tert-OH is 1. The van der Waals surface area contributed by atoms with Crippen molar-refractivity contribution in [2.24, 2.45) is 10.8 Å². The number of aliphatic hydroxyl groups is 1. The summed E-state index contributed by atoms with van der Waals surface area (Å²) in [5.74, 6) is 0.286. The smallest absolute Gasteiger partial charge is 0.164 e. The Morgan fingerprint density at radius 1 is 0.830 bits per heavy atom. The maximum absolute atomic E-state index is 12.2. The summed E-state index contributed by atoms with van der Waals surface area (Å²) in [5, 5.41) is 15.0. The van der Waals surface area contributed by atoms with Gasteiger partial charge < -0.3 is 5.11 Å². The van der Waals surface area contributed by atoms with Crippen LogP contribution in [0.15, 0.2) is 91.0 Å². The van der Waals surface area contributed by atoms with Crippen LogP contribution in [0.2, 0.25) is 0 Å². The molecule has 4 nitrogen and oxygen atoms in total. The van der Waals surface area contributed by atoms with Gasteiger partial charge in [0.15, 0.2) is 5.78 Å². The van der Waals surface area contributed by atoms with Crippen molar-refractivity contribution in [1.82, 2.24) is 9.97 Å². The van der Waals surface area contributed by atoms with Gasteiger partial charge in [0.25, 0.3) is 0 Å². The van der Waals surface area contributed by atoms with E-state index >= 15 is 0 Å². The van der Waals surface area contributed by atoms with Gasteiger partial charge in [0.2, 0.25) is 0 Å². The van der Waals surface area contributed by atoms with Crippen LogP contribution in [0.3, 0.4) is 0 Å². The Balaban J connectivity index is 0.000000242. The van der Waals surface area contributed by atoms with Gasteiger partial charge in [-0.1, -0.05) is 109 Å². The van der Waals surface area contributed by atoms with E-state index in [0.29, 0.717) is 0 Å².